The third kappa shape index (κ3) is 4.47. The van der Waals surface area contributed by atoms with Crippen LogP contribution in [0.25, 0.3) is 0 Å². The Morgan fingerprint density at radius 2 is 2.00 bits per heavy atom. The molecule has 2 unspecified atom stereocenters. The van der Waals surface area contributed by atoms with Gasteiger partial charge in [0.1, 0.15) is 5.82 Å². The molecule has 0 aliphatic heterocycles. The molecule has 5 heteroatoms. The maximum Gasteiger partial charge on any atom is 0.272 e. The van der Waals surface area contributed by atoms with Gasteiger partial charge in [-0.15, -0.1) is 0 Å². The van der Waals surface area contributed by atoms with Crippen molar-refractivity contribution in [2.45, 2.75) is 59.4 Å². The zero-order chi connectivity index (χ0) is 15.3. The van der Waals surface area contributed by atoms with Crippen LogP contribution in [0.15, 0.2) is 6.20 Å². The summed E-state index contributed by atoms with van der Waals surface area (Å²) >= 11 is 0. The molecule has 1 aromatic heterocycles. The minimum atomic E-state index is -0.220. The summed E-state index contributed by atoms with van der Waals surface area (Å²) in [5, 5.41) is 2.96. The normalized spacial score (nSPS) is 14.1. The van der Waals surface area contributed by atoms with E-state index < -0.39 is 0 Å². The number of carbonyl (C=O) groups is 1. The molecule has 0 bridgehead atoms. The van der Waals surface area contributed by atoms with E-state index in [4.69, 9.17) is 5.73 Å². The molecule has 5 nitrogen and oxygen atoms in total. The Morgan fingerprint density at radius 1 is 1.35 bits per heavy atom. The van der Waals surface area contributed by atoms with E-state index in [9.17, 15) is 4.79 Å². The van der Waals surface area contributed by atoms with Crippen molar-refractivity contribution in [1.82, 2.24) is 15.3 Å². The van der Waals surface area contributed by atoms with Crippen LogP contribution in [0.5, 0.6) is 0 Å². The predicted octanol–water partition coefficient (Wildman–Crippen LogP) is 2.74. The zero-order valence-electron chi connectivity index (χ0n) is 13.1. The molecular weight excluding hydrogens is 252 g/mol. The van der Waals surface area contributed by atoms with Crippen LogP contribution >= 0.6 is 0 Å². The molecule has 0 aliphatic rings. The smallest absolute Gasteiger partial charge is 0.272 e. The van der Waals surface area contributed by atoms with Crippen LogP contribution in [-0.4, -0.2) is 21.9 Å². The number of aromatic nitrogens is 2. The van der Waals surface area contributed by atoms with E-state index in [2.05, 4.69) is 29.1 Å². The summed E-state index contributed by atoms with van der Waals surface area (Å²) in [7, 11) is 0. The topological polar surface area (TPSA) is 80.9 Å². The van der Waals surface area contributed by atoms with Crippen LogP contribution in [-0.2, 0) is 0 Å². The quantitative estimate of drug-likeness (QED) is 0.838. The molecule has 0 radical (unpaired) electrons. The lowest BCUT2D eigenvalue weighted by Crippen LogP contribution is -2.35. The summed E-state index contributed by atoms with van der Waals surface area (Å²) in [5.41, 5.74) is 6.41. The Morgan fingerprint density at radius 3 is 2.55 bits per heavy atom. The number of nitrogens with two attached hydrogens (primary N) is 1. The highest BCUT2D eigenvalue weighted by molar-refractivity contribution is 5.97. The molecule has 2 atom stereocenters. The summed E-state index contributed by atoms with van der Waals surface area (Å²) in [6.07, 6.45) is 3.56. The number of amides is 1. The number of nitrogens with one attached hydrogen (secondary N) is 1. The molecule has 0 saturated heterocycles. The van der Waals surface area contributed by atoms with Gasteiger partial charge in [-0.2, -0.15) is 0 Å². The van der Waals surface area contributed by atoms with Crippen molar-refractivity contribution < 1.29 is 4.79 Å². The first-order chi connectivity index (χ1) is 9.35. The molecular formula is C15H26N4O. The first kappa shape index (κ1) is 16.4. The summed E-state index contributed by atoms with van der Waals surface area (Å²) < 4.78 is 0. The third-order valence-electron chi connectivity index (χ3n) is 3.40. The lowest BCUT2D eigenvalue weighted by atomic mass is 10.0. The second-order valence-electron chi connectivity index (χ2n) is 5.81. The van der Waals surface area contributed by atoms with Gasteiger partial charge in [0.2, 0.25) is 0 Å². The number of hydrogen-bond donors (Lipinski definition) is 2. The minimum Gasteiger partial charge on any atom is -0.396 e. The van der Waals surface area contributed by atoms with Gasteiger partial charge in [0.05, 0.1) is 11.9 Å². The Hall–Kier alpha value is -1.65. The van der Waals surface area contributed by atoms with E-state index in [1.165, 1.54) is 6.20 Å². The van der Waals surface area contributed by atoms with E-state index in [1.807, 2.05) is 20.8 Å². The average molecular weight is 278 g/mol. The fourth-order valence-electron chi connectivity index (χ4n) is 1.99. The van der Waals surface area contributed by atoms with E-state index in [0.717, 1.165) is 12.8 Å². The van der Waals surface area contributed by atoms with Crippen molar-refractivity contribution in [3.63, 3.8) is 0 Å². The molecule has 0 saturated carbocycles. The molecule has 1 rings (SSSR count). The molecule has 0 aromatic carbocycles. The van der Waals surface area contributed by atoms with Gasteiger partial charge in [0.15, 0.2) is 5.69 Å². The van der Waals surface area contributed by atoms with E-state index in [-0.39, 0.29) is 23.6 Å². The molecule has 112 valence electrons. The van der Waals surface area contributed by atoms with Crippen molar-refractivity contribution in [3.8, 4) is 0 Å². The van der Waals surface area contributed by atoms with Crippen LogP contribution in [0.2, 0.25) is 0 Å². The summed E-state index contributed by atoms with van der Waals surface area (Å²) in [6, 6.07) is 0.106. The van der Waals surface area contributed by atoms with Crippen LogP contribution in [0.1, 0.15) is 69.7 Å². The van der Waals surface area contributed by atoms with Crippen LogP contribution in [0.4, 0.5) is 5.69 Å². The maximum atomic E-state index is 12.2. The molecule has 0 aliphatic carbocycles. The van der Waals surface area contributed by atoms with Gasteiger partial charge in [-0.25, -0.2) is 9.97 Å². The van der Waals surface area contributed by atoms with Crippen molar-refractivity contribution >= 4 is 11.6 Å². The largest absolute Gasteiger partial charge is 0.396 e. The lowest BCUT2D eigenvalue weighted by Gasteiger charge is -2.18. The Kier molecular flexibility index (Phi) is 5.92. The van der Waals surface area contributed by atoms with Gasteiger partial charge in [-0.1, -0.05) is 34.1 Å². The molecule has 20 heavy (non-hydrogen) atoms. The molecule has 0 spiro atoms. The van der Waals surface area contributed by atoms with Gasteiger partial charge in [-0.05, 0) is 19.3 Å². The van der Waals surface area contributed by atoms with Crippen LogP contribution in [0, 0.1) is 5.92 Å². The van der Waals surface area contributed by atoms with Crippen molar-refractivity contribution in [1.29, 1.82) is 0 Å². The average Bonchev–Trinajstić information content (AvgIpc) is 2.38. The molecule has 1 amide bonds. The summed E-state index contributed by atoms with van der Waals surface area (Å²) in [4.78, 5) is 20.7. The number of hydrogen-bond acceptors (Lipinski definition) is 4. The zero-order valence-corrected chi connectivity index (χ0v) is 13.1. The highest BCUT2D eigenvalue weighted by atomic mass is 16.2. The molecule has 0 fully saturated rings. The van der Waals surface area contributed by atoms with Gasteiger partial charge >= 0.3 is 0 Å². The first-order valence-electron chi connectivity index (χ1n) is 7.28. The molecule has 1 heterocycles. The van der Waals surface area contributed by atoms with E-state index in [0.29, 0.717) is 17.4 Å². The molecule has 3 N–H and O–H groups in total. The predicted molar refractivity (Wildman–Crippen MR) is 81.5 cm³/mol. The highest BCUT2D eigenvalue weighted by Crippen LogP contribution is 2.14. The highest BCUT2D eigenvalue weighted by Gasteiger charge is 2.17. The first-order valence-corrected chi connectivity index (χ1v) is 7.28. The minimum absolute atomic E-state index is 0.106. The standard InChI is InChI=1S/C15H26N4O/c1-6-10(4)7-11(5)18-15(20)13-12(16)8-17-14(19-13)9(2)3/h8-11H,6-7,16H2,1-5H3,(H,18,20). The Balaban J connectivity index is 2.79. The van der Waals surface area contributed by atoms with Gasteiger partial charge in [0.25, 0.3) is 5.91 Å². The fraction of sp³-hybridized carbons (Fsp3) is 0.667. The SMILES string of the molecule is CCC(C)CC(C)NC(=O)c1nc(C(C)C)ncc1N. The van der Waals surface area contributed by atoms with Gasteiger partial charge in [0, 0.05) is 12.0 Å². The number of rotatable bonds is 6. The number of nitrogen functional groups attached to an aromatic ring is 1. The fourth-order valence-corrected chi connectivity index (χ4v) is 1.99. The van der Waals surface area contributed by atoms with Crippen LogP contribution in [0.3, 0.4) is 0 Å². The number of carbonyl (C=O) groups excluding carboxylic acids is 1. The lowest BCUT2D eigenvalue weighted by molar-refractivity contribution is 0.0931. The number of anilines is 1. The van der Waals surface area contributed by atoms with Crippen molar-refractivity contribution in [2.75, 3.05) is 5.73 Å². The van der Waals surface area contributed by atoms with E-state index >= 15 is 0 Å². The third-order valence-corrected chi connectivity index (χ3v) is 3.40. The second kappa shape index (κ2) is 7.22. The second-order valence-corrected chi connectivity index (χ2v) is 5.81. The Bertz CT molecular complexity index is 459. The van der Waals surface area contributed by atoms with Crippen molar-refractivity contribution in [3.05, 3.63) is 17.7 Å². The van der Waals surface area contributed by atoms with Crippen molar-refractivity contribution in [2.24, 2.45) is 5.92 Å². The summed E-state index contributed by atoms with van der Waals surface area (Å²) in [5.74, 6) is 1.17. The summed E-state index contributed by atoms with van der Waals surface area (Å²) in [6.45, 7) is 10.3. The van der Waals surface area contributed by atoms with E-state index in [1.54, 1.807) is 0 Å². The Labute approximate surface area is 121 Å². The van der Waals surface area contributed by atoms with Gasteiger partial charge < -0.3 is 11.1 Å². The maximum absolute atomic E-state index is 12.2. The number of nitrogens with zero attached hydrogens (tertiary/aromatic N) is 2. The van der Waals surface area contributed by atoms with Gasteiger partial charge in [-0.3, -0.25) is 4.79 Å². The molecule has 1 aromatic rings. The van der Waals surface area contributed by atoms with Crippen LogP contribution < -0.4 is 11.1 Å². The monoisotopic (exact) mass is 278 g/mol.